The molecule has 0 aliphatic carbocycles. The number of β-amino-alcohol motifs (C(OH)–C–C–N with tert-alkyl or cyclic N) is 1. The summed E-state index contributed by atoms with van der Waals surface area (Å²) in [6, 6.07) is 0.218. The van der Waals surface area contributed by atoms with Crippen LogP contribution in [0.2, 0.25) is 0 Å². The second-order valence-corrected chi connectivity index (χ2v) is 4.23. The lowest BCUT2D eigenvalue weighted by molar-refractivity contribution is 0.148. The summed E-state index contributed by atoms with van der Waals surface area (Å²) in [7, 11) is 0. The van der Waals surface area contributed by atoms with Crippen LogP contribution in [0.1, 0.15) is 20.8 Å². The van der Waals surface area contributed by atoms with E-state index in [1.165, 1.54) is 0 Å². The largest absolute Gasteiger partial charge is 0.390 e. The molecule has 0 spiro atoms. The first-order chi connectivity index (χ1) is 4.99. The Balaban J connectivity index is 2.37. The van der Waals surface area contributed by atoms with Crippen LogP contribution >= 0.6 is 0 Å². The molecule has 0 aromatic carbocycles. The molecule has 11 heavy (non-hydrogen) atoms. The molecular weight excluding hydrogens is 140 g/mol. The van der Waals surface area contributed by atoms with Gasteiger partial charge >= 0.3 is 0 Å². The van der Waals surface area contributed by atoms with Crippen molar-refractivity contribution < 1.29 is 5.11 Å². The molecule has 1 rings (SSSR count). The van der Waals surface area contributed by atoms with Gasteiger partial charge in [0, 0.05) is 24.7 Å². The SMILES string of the molecule is CC(C)(C)N[C@H]1CNC[C@@H]1O. The van der Waals surface area contributed by atoms with Gasteiger partial charge in [-0.15, -0.1) is 0 Å². The fourth-order valence-electron chi connectivity index (χ4n) is 1.37. The van der Waals surface area contributed by atoms with E-state index in [9.17, 15) is 5.11 Å². The predicted octanol–water partition coefficient (Wildman–Crippen LogP) is -0.293. The van der Waals surface area contributed by atoms with Gasteiger partial charge in [0.05, 0.1) is 6.10 Å². The number of rotatable bonds is 1. The van der Waals surface area contributed by atoms with E-state index in [0.717, 1.165) is 6.54 Å². The molecule has 1 aliphatic heterocycles. The molecule has 2 atom stereocenters. The molecule has 3 N–H and O–H groups in total. The van der Waals surface area contributed by atoms with E-state index >= 15 is 0 Å². The van der Waals surface area contributed by atoms with E-state index in [4.69, 9.17) is 0 Å². The second-order valence-electron chi connectivity index (χ2n) is 4.23. The van der Waals surface area contributed by atoms with E-state index in [2.05, 4.69) is 31.4 Å². The molecule has 0 unspecified atom stereocenters. The van der Waals surface area contributed by atoms with Crippen molar-refractivity contribution in [2.45, 2.75) is 38.5 Å². The third kappa shape index (κ3) is 2.77. The zero-order valence-corrected chi connectivity index (χ0v) is 7.52. The lowest BCUT2D eigenvalue weighted by Crippen LogP contribution is -2.49. The van der Waals surface area contributed by atoms with E-state index in [1.54, 1.807) is 0 Å². The van der Waals surface area contributed by atoms with Gasteiger partial charge in [0.15, 0.2) is 0 Å². The molecule has 1 fully saturated rings. The molecule has 66 valence electrons. The Kier molecular flexibility index (Phi) is 2.52. The van der Waals surface area contributed by atoms with Crippen molar-refractivity contribution in [1.82, 2.24) is 10.6 Å². The first kappa shape index (κ1) is 8.97. The number of nitrogens with one attached hydrogen (secondary N) is 2. The highest BCUT2D eigenvalue weighted by atomic mass is 16.3. The van der Waals surface area contributed by atoms with Gasteiger partial charge in [0.2, 0.25) is 0 Å². The molecule has 1 aliphatic rings. The standard InChI is InChI=1S/C8H18N2O/c1-8(2,3)10-6-4-9-5-7(6)11/h6-7,9-11H,4-5H2,1-3H3/t6-,7-/m0/s1. The molecule has 0 bridgehead atoms. The quantitative estimate of drug-likeness (QED) is 0.491. The highest BCUT2D eigenvalue weighted by molar-refractivity contribution is 4.90. The van der Waals surface area contributed by atoms with Crippen LogP contribution in [-0.2, 0) is 0 Å². The Labute approximate surface area is 68.2 Å². The van der Waals surface area contributed by atoms with Crippen LogP contribution in [-0.4, -0.2) is 35.9 Å². The molecule has 0 radical (unpaired) electrons. The van der Waals surface area contributed by atoms with Gasteiger partial charge in [0.1, 0.15) is 0 Å². The van der Waals surface area contributed by atoms with E-state index in [-0.39, 0.29) is 17.7 Å². The van der Waals surface area contributed by atoms with Crippen molar-refractivity contribution in [2.75, 3.05) is 13.1 Å². The van der Waals surface area contributed by atoms with Crippen LogP contribution in [0.15, 0.2) is 0 Å². The minimum absolute atomic E-state index is 0.0949. The van der Waals surface area contributed by atoms with Crippen molar-refractivity contribution in [2.24, 2.45) is 0 Å². The first-order valence-electron chi connectivity index (χ1n) is 4.15. The molecular formula is C8H18N2O. The highest BCUT2D eigenvalue weighted by Gasteiger charge is 2.27. The van der Waals surface area contributed by atoms with E-state index in [0.29, 0.717) is 6.54 Å². The van der Waals surface area contributed by atoms with Gasteiger partial charge in [-0.2, -0.15) is 0 Å². The van der Waals surface area contributed by atoms with Crippen molar-refractivity contribution in [1.29, 1.82) is 0 Å². The normalized spacial score (nSPS) is 32.7. The Morgan fingerprint density at radius 3 is 2.36 bits per heavy atom. The van der Waals surface area contributed by atoms with Gasteiger partial charge < -0.3 is 15.7 Å². The second kappa shape index (κ2) is 3.09. The molecule has 0 aromatic rings. The molecule has 3 heteroatoms. The smallest absolute Gasteiger partial charge is 0.0829 e. The van der Waals surface area contributed by atoms with Crippen LogP contribution in [0.4, 0.5) is 0 Å². The Bertz CT molecular complexity index is 131. The Morgan fingerprint density at radius 1 is 1.36 bits per heavy atom. The summed E-state index contributed by atoms with van der Waals surface area (Å²) in [5.74, 6) is 0. The number of hydrogen-bond donors (Lipinski definition) is 3. The van der Waals surface area contributed by atoms with Crippen LogP contribution < -0.4 is 10.6 Å². The lowest BCUT2D eigenvalue weighted by atomic mass is 10.1. The fourth-order valence-corrected chi connectivity index (χ4v) is 1.37. The molecule has 0 aromatic heterocycles. The highest BCUT2D eigenvalue weighted by Crippen LogP contribution is 2.06. The topological polar surface area (TPSA) is 44.3 Å². The summed E-state index contributed by atoms with van der Waals surface area (Å²) in [6.45, 7) is 7.92. The Morgan fingerprint density at radius 2 is 2.00 bits per heavy atom. The van der Waals surface area contributed by atoms with Gasteiger partial charge in [-0.1, -0.05) is 0 Å². The van der Waals surface area contributed by atoms with Gasteiger partial charge in [-0.25, -0.2) is 0 Å². The van der Waals surface area contributed by atoms with Crippen LogP contribution in [0.5, 0.6) is 0 Å². The summed E-state index contributed by atoms with van der Waals surface area (Å²) in [4.78, 5) is 0. The first-order valence-corrected chi connectivity index (χ1v) is 4.15. The van der Waals surface area contributed by atoms with Crippen molar-refractivity contribution in [3.8, 4) is 0 Å². The average molecular weight is 158 g/mol. The van der Waals surface area contributed by atoms with E-state index in [1.807, 2.05) is 0 Å². The summed E-state index contributed by atoms with van der Waals surface area (Å²) >= 11 is 0. The number of aliphatic hydroxyl groups excluding tert-OH is 1. The minimum Gasteiger partial charge on any atom is -0.390 e. The van der Waals surface area contributed by atoms with Gasteiger partial charge in [-0.3, -0.25) is 0 Å². The molecule has 0 saturated carbocycles. The number of aliphatic hydroxyl groups is 1. The summed E-state index contributed by atoms with van der Waals surface area (Å²) < 4.78 is 0. The van der Waals surface area contributed by atoms with Crippen molar-refractivity contribution >= 4 is 0 Å². The summed E-state index contributed by atoms with van der Waals surface area (Å²) in [6.07, 6.45) is -0.228. The Hall–Kier alpha value is -0.120. The predicted molar refractivity (Wildman–Crippen MR) is 45.6 cm³/mol. The van der Waals surface area contributed by atoms with Crippen LogP contribution in [0, 0.1) is 0 Å². The zero-order chi connectivity index (χ0) is 8.48. The monoisotopic (exact) mass is 158 g/mol. The third-order valence-corrected chi connectivity index (χ3v) is 1.80. The van der Waals surface area contributed by atoms with Crippen molar-refractivity contribution in [3.63, 3.8) is 0 Å². The summed E-state index contributed by atoms with van der Waals surface area (Å²) in [5, 5.41) is 15.9. The van der Waals surface area contributed by atoms with Crippen LogP contribution in [0.3, 0.4) is 0 Å². The summed E-state index contributed by atoms with van der Waals surface area (Å²) in [5.41, 5.74) is 0.0949. The molecule has 0 amide bonds. The third-order valence-electron chi connectivity index (χ3n) is 1.80. The minimum atomic E-state index is -0.228. The van der Waals surface area contributed by atoms with Gasteiger partial charge in [0.25, 0.3) is 0 Å². The van der Waals surface area contributed by atoms with Crippen LogP contribution in [0.25, 0.3) is 0 Å². The molecule has 3 nitrogen and oxygen atoms in total. The molecule has 1 heterocycles. The van der Waals surface area contributed by atoms with Crippen molar-refractivity contribution in [3.05, 3.63) is 0 Å². The average Bonchev–Trinajstić information content (AvgIpc) is 2.12. The maximum atomic E-state index is 9.43. The lowest BCUT2D eigenvalue weighted by Gasteiger charge is -2.27. The van der Waals surface area contributed by atoms with E-state index < -0.39 is 0 Å². The maximum absolute atomic E-state index is 9.43. The number of hydrogen-bond acceptors (Lipinski definition) is 3. The van der Waals surface area contributed by atoms with Gasteiger partial charge in [-0.05, 0) is 20.8 Å². The zero-order valence-electron chi connectivity index (χ0n) is 7.52. The molecule has 1 saturated heterocycles. The fraction of sp³-hybridized carbons (Fsp3) is 1.00. The maximum Gasteiger partial charge on any atom is 0.0829 e.